The molecule has 1 heterocycles. The van der Waals surface area contributed by atoms with Crippen molar-refractivity contribution in [2.24, 2.45) is 0 Å². The van der Waals surface area contributed by atoms with E-state index in [-0.39, 0.29) is 0 Å². The molecular weight excluding hydrogens is 240 g/mol. The number of benzene rings is 1. The molecule has 1 aromatic rings. The second-order valence-corrected chi connectivity index (χ2v) is 6.42. The van der Waals surface area contributed by atoms with Gasteiger partial charge in [-0.2, -0.15) is 0 Å². The summed E-state index contributed by atoms with van der Waals surface area (Å²) in [4.78, 5) is 4.01. The normalized spacial score (nSPS) is 25.3. The van der Waals surface area contributed by atoms with E-state index in [2.05, 4.69) is 55.3 Å². The predicted molar refractivity (Wildman–Crippen MR) is 80.4 cm³/mol. The lowest BCUT2D eigenvalue weighted by molar-refractivity contribution is 0.126. The summed E-state index contributed by atoms with van der Waals surface area (Å²) in [6, 6.07) is 10.2. The summed E-state index contributed by atoms with van der Waals surface area (Å²) >= 11 is 1.96. The Bertz CT molecular complexity index is 353. The van der Waals surface area contributed by atoms with Crippen LogP contribution in [0.25, 0.3) is 0 Å². The Morgan fingerprint density at radius 1 is 1.17 bits per heavy atom. The molecule has 18 heavy (non-hydrogen) atoms. The molecule has 2 rings (SSSR count). The lowest BCUT2D eigenvalue weighted by atomic mass is 10.1. The molecule has 0 spiro atoms. The zero-order valence-corrected chi connectivity index (χ0v) is 12.5. The minimum atomic E-state index is 0.660. The molecule has 2 nitrogen and oxygen atoms in total. The third kappa shape index (κ3) is 3.74. The van der Waals surface area contributed by atoms with Crippen LogP contribution in [0.4, 0.5) is 0 Å². The zero-order valence-electron chi connectivity index (χ0n) is 11.6. The van der Waals surface area contributed by atoms with Crippen LogP contribution in [-0.2, 0) is 0 Å². The first kappa shape index (κ1) is 13.9. The van der Waals surface area contributed by atoms with Gasteiger partial charge in [0, 0.05) is 42.4 Å². The Balaban J connectivity index is 1.79. The number of rotatable bonds is 4. The first-order valence-corrected chi connectivity index (χ1v) is 7.81. The highest BCUT2D eigenvalue weighted by molar-refractivity contribution is 7.99. The minimum Gasteiger partial charge on any atom is -0.314 e. The Hall–Kier alpha value is -0.510. The van der Waals surface area contributed by atoms with Crippen molar-refractivity contribution in [3.8, 4) is 0 Å². The molecule has 3 heteroatoms. The largest absolute Gasteiger partial charge is 0.314 e. The molecule has 1 aliphatic rings. The topological polar surface area (TPSA) is 15.3 Å². The van der Waals surface area contributed by atoms with E-state index in [1.165, 1.54) is 22.8 Å². The van der Waals surface area contributed by atoms with E-state index in [9.17, 15) is 0 Å². The smallest absolute Gasteiger partial charge is 0.0196 e. The molecule has 0 saturated carbocycles. The van der Waals surface area contributed by atoms with Gasteiger partial charge in [-0.3, -0.25) is 4.90 Å². The van der Waals surface area contributed by atoms with Crippen LogP contribution in [0.2, 0.25) is 0 Å². The van der Waals surface area contributed by atoms with Gasteiger partial charge in [0.25, 0.3) is 0 Å². The van der Waals surface area contributed by atoms with Gasteiger partial charge in [-0.25, -0.2) is 0 Å². The molecule has 1 aromatic carbocycles. The summed E-state index contributed by atoms with van der Waals surface area (Å²) in [5, 5.41) is 3.48. The van der Waals surface area contributed by atoms with Crippen molar-refractivity contribution in [2.45, 2.75) is 37.8 Å². The molecule has 0 bridgehead atoms. The van der Waals surface area contributed by atoms with Crippen molar-refractivity contribution in [3.05, 3.63) is 29.8 Å². The molecule has 0 aromatic heterocycles. The number of piperazine rings is 1. The first-order valence-electron chi connectivity index (χ1n) is 6.83. The van der Waals surface area contributed by atoms with Crippen LogP contribution in [0.5, 0.6) is 0 Å². The fourth-order valence-corrected chi connectivity index (χ4v) is 3.38. The Kier molecular flexibility index (Phi) is 5.10. The van der Waals surface area contributed by atoms with Crippen LogP contribution < -0.4 is 5.32 Å². The number of hydrogen-bond donors (Lipinski definition) is 1. The van der Waals surface area contributed by atoms with Gasteiger partial charge in [-0.15, -0.1) is 11.8 Å². The number of thioether (sulfide) groups is 1. The summed E-state index contributed by atoms with van der Waals surface area (Å²) in [5.74, 6) is 1.18. The van der Waals surface area contributed by atoms with Crippen LogP contribution >= 0.6 is 11.8 Å². The Morgan fingerprint density at radius 2 is 1.78 bits per heavy atom. The standard InChI is InChI=1S/C15H24N2S/c1-12-4-6-15(7-5-12)18-9-8-17-13(2)10-16-11-14(17)3/h4-7,13-14,16H,8-11H2,1-3H3. The molecule has 0 amide bonds. The fraction of sp³-hybridized carbons (Fsp3) is 0.600. The minimum absolute atomic E-state index is 0.660. The van der Waals surface area contributed by atoms with E-state index in [4.69, 9.17) is 0 Å². The molecule has 0 aliphatic carbocycles. The summed E-state index contributed by atoms with van der Waals surface area (Å²) in [6.07, 6.45) is 0. The quantitative estimate of drug-likeness (QED) is 0.842. The van der Waals surface area contributed by atoms with Gasteiger partial charge in [0.2, 0.25) is 0 Å². The molecule has 2 unspecified atom stereocenters. The zero-order chi connectivity index (χ0) is 13.0. The van der Waals surface area contributed by atoms with E-state index < -0.39 is 0 Å². The number of hydrogen-bond acceptors (Lipinski definition) is 3. The lowest BCUT2D eigenvalue weighted by Gasteiger charge is -2.39. The van der Waals surface area contributed by atoms with Gasteiger partial charge in [-0.1, -0.05) is 17.7 Å². The van der Waals surface area contributed by atoms with Gasteiger partial charge in [0.1, 0.15) is 0 Å². The molecule has 1 aliphatic heterocycles. The van der Waals surface area contributed by atoms with Crippen molar-refractivity contribution >= 4 is 11.8 Å². The highest BCUT2D eigenvalue weighted by atomic mass is 32.2. The summed E-state index contributed by atoms with van der Waals surface area (Å²) in [6.45, 7) is 10.2. The number of aryl methyl sites for hydroxylation is 1. The van der Waals surface area contributed by atoms with Crippen LogP contribution in [0.3, 0.4) is 0 Å². The molecule has 1 N–H and O–H groups in total. The van der Waals surface area contributed by atoms with Crippen LogP contribution in [0, 0.1) is 6.92 Å². The van der Waals surface area contributed by atoms with Crippen LogP contribution in [0.1, 0.15) is 19.4 Å². The molecule has 2 atom stereocenters. The Morgan fingerprint density at radius 3 is 2.39 bits per heavy atom. The fourth-order valence-electron chi connectivity index (χ4n) is 2.51. The molecule has 1 saturated heterocycles. The van der Waals surface area contributed by atoms with Crippen molar-refractivity contribution in [2.75, 3.05) is 25.4 Å². The van der Waals surface area contributed by atoms with E-state index in [0.29, 0.717) is 12.1 Å². The van der Waals surface area contributed by atoms with Crippen LogP contribution in [0.15, 0.2) is 29.2 Å². The van der Waals surface area contributed by atoms with Crippen molar-refractivity contribution in [1.82, 2.24) is 10.2 Å². The number of nitrogens with one attached hydrogen (secondary N) is 1. The molecule has 100 valence electrons. The third-order valence-electron chi connectivity index (χ3n) is 3.65. The first-order chi connectivity index (χ1) is 8.66. The van der Waals surface area contributed by atoms with Crippen molar-refractivity contribution in [1.29, 1.82) is 0 Å². The summed E-state index contributed by atoms with van der Waals surface area (Å²) in [5.41, 5.74) is 1.34. The van der Waals surface area contributed by atoms with E-state index >= 15 is 0 Å². The monoisotopic (exact) mass is 264 g/mol. The van der Waals surface area contributed by atoms with Crippen LogP contribution in [-0.4, -0.2) is 42.4 Å². The number of nitrogens with zero attached hydrogens (tertiary/aromatic N) is 1. The van der Waals surface area contributed by atoms with Gasteiger partial charge in [0.05, 0.1) is 0 Å². The molecule has 1 fully saturated rings. The van der Waals surface area contributed by atoms with E-state index in [1.807, 2.05) is 11.8 Å². The van der Waals surface area contributed by atoms with Gasteiger partial charge in [0.15, 0.2) is 0 Å². The highest BCUT2D eigenvalue weighted by Crippen LogP contribution is 2.19. The second-order valence-electron chi connectivity index (χ2n) is 5.26. The SMILES string of the molecule is Cc1ccc(SCCN2C(C)CNCC2C)cc1. The second kappa shape index (κ2) is 6.60. The maximum Gasteiger partial charge on any atom is 0.0196 e. The van der Waals surface area contributed by atoms with Gasteiger partial charge >= 0.3 is 0 Å². The van der Waals surface area contributed by atoms with E-state index in [0.717, 1.165) is 13.1 Å². The van der Waals surface area contributed by atoms with Crippen molar-refractivity contribution in [3.63, 3.8) is 0 Å². The van der Waals surface area contributed by atoms with Gasteiger partial charge < -0.3 is 5.32 Å². The Labute approximate surface area is 115 Å². The third-order valence-corrected chi connectivity index (χ3v) is 4.64. The average molecular weight is 264 g/mol. The molecular formula is C15H24N2S. The maximum atomic E-state index is 3.48. The summed E-state index contributed by atoms with van der Waals surface area (Å²) in [7, 11) is 0. The summed E-state index contributed by atoms with van der Waals surface area (Å²) < 4.78 is 0. The predicted octanol–water partition coefficient (Wildman–Crippen LogP) is 2.77. The van der Waals surface area contributed by atoms with Gasteiger partial charge in [-0.05, 0) is 32.9 Å². The molecule has 0 radical (unpaired) electrons. The average Bonchev–Trinajstić information content (AvgIpc) is 2.35. The van der Waals surface area contributed by atoms with E-state index in [1.54, 1.807) is 0 Å². The maximum absolute atomic E-state index is 3.48. The lowest BCUT2D eigenvalue weighted by Crippen LogP contribution is -2.55. The van der Waals surface area contributed by atoms with Crippen molar-refractivity contribution < 1.29 is 0 Å². The highest BCUT2D eigenvalue weighted by Gasteiger charge is 2.23.